The van der Waals surface area contributed by atoms with Gasteiger partial charge in [-0.25, -0.2) is 4.90 Å². The molecule has 1 heterocycles. The number of fused-ring (bicyclic) bond motifs is 1. The third kappa shape index (κ3) is 3.66. The Morgan fingerprint density at radius 3 is 2.21 bits per heavy atom. The van der Waals surface area contributed by atoms with Crippen molar-refractivity contribution in [3.8, 4) is 0 Å². The Kier molecular flexibility index (Phi) is 5.06. The molecular weight excluding hydrogens is 395 g/mol. The fourth-order valence-corrected chi connectivity index (χ4v) is 2.98. The minimum absolute atomic E-state index is 0.268. The number of halogens is 3. The van der Waals surface area contributed by atoms with Crippen molar-refractivity contribution >= 4 is 34.8 Å². The Labute approximate surface area is 161 Å². The zero-order valence-electron chi connectivity index (χ0n) is 14.5. The molecule has 1 aliphatic rings. The van der Waals surface area contributed by atoms with Crippen LogP contribution in [-0.4, -0.2) is 35.4 Å². The molecule has 8 nitrogen and oxygen atoms in total. The standard InChI is InChI=1S/C18H12F3N3O5/c19-18(20,21)17(27)22-10-9-15(25)23(14-8-4-3-7-13(14)22)16(26)11-5-1-2-6-12(11)24(28)29/h1-8H,9-10H2. The number of para-hydroxylation sites is 3. The van der Waals surface area contributed by atoms with Crippen molar-refractivity contribution in [3.63, 3.8) is 0 Å². The lowest BCUT2D eigenvalue weighted by atomic mass is 10.1. The summed E-state index contributed by atoms with van der Waals surface area (Å²) >= 11 is 0. The highest BCUT2D eigenvalue weighted by atomic mass is 19.4. The van der Waals surface area contributed by atoms with Gasteiger partial charge in [-0.05, 0) is 18.2 Å². The normalized spacial score (nSPS) is 14.2. The molecule has 150 valence electrons. The summed E-state index contributed by atoms with van der Waals surface area (Å²) in [6, 6.07) is 9.97. The number of rotatable bonds is 2. The first kappa shape index (κ1) is 20.0. The lowest BCUT2D eigenvalue weighted by Crippen LogP contribution is -2.41. The molecule has 1 aliphatic heterocycles. The van der Waals surface area contributed by atoms with Crippen molar-refractivity contribution in [2.75, 3.05) is 16.3 Å². The van der Waals surface area contributed by atoms with E-state index in [1.54, 1.807) is 0 Å². The van der Waals surface area contributed by atoms with Gasteiger partial charge < -0.3 is 4.90 Å². The molecule has 0 N–H and O–H groups in total. The maximum atomic E-state index is 13.0. The van der Waals surface area contributed by atoms with Gasteiger partial charge in [0.1, 0.15) is 5.56 Å². The topological polar surface area (TPSA) is 101 Å². The fraction of sp³-hybridized carbons (Fsp3) is 0.167. The largest absolute Gasteiger partial charge is 0.471 e. The van der Waals surface area contributed by atoms with Gasteiger partial charge in [-0.15, -0.1) is 0 Å². The Balaban J connectivity index is 2.14. The number of anilines is 2. The summed E-state index contributed by atoms with van der Waals surface area (Å²) in [7, 11) is 0. The molecule has 0 unspecified atom stereocenters. The first-order chi connectivity index (χ1) is 13.6. The van der Waals surface area contributed by atoms with Crippen LogP contribution in [0.4, 0.5) is 30.2 Å². The Hall–Kier alpha value is -3.76. The number of nitro benzene ring substituents is 1. The van der Waals surface area contributed by atoms with E-state index >= 15 is 0 Å². The van der Waals surface area contributed by atoms with E-state index in [0.29, 0.717) is 9.80 Å². The van der Waals surface area contributed by atoms with E-state index in [9.17, 15) is 37.7 Å². The van der Waals surface area contributed by atoms with Gasteiger partial charge in [0.25, 0.3) is 11.6 Å². The Bertz CT molecular complexity index is 1020. The van der Waals surface area contributed by atoms with E-state index in [0.717, 1.165) is 18.2 Å². The van der Waals surface area contributed by atoms with Crippen LogP contribution in [-0.2, 0) is 9.59 Å². The SMILES string of the molecule is O=C1CCN(C(=O)C(F)(F)F)c2ccccc2N1C(=O)c1ccccc1[N+](=O)[O-]. The minimum atomic E-state index is -5.19. The number of hydrogen-bond donors (Lipinski definition) is 0. The number of benzene rings is 2. The summed E-state index contributed by atoms with van der Waals surface area (Å²) < 4.78 is 39.0. The van der Waals surface area contributed by atoms with Gasteiger partial charge in [-0.3, -0.25) is 24.5 Å². The number of carbonyl (C=O) groups is 3. The van der Waals surface area contributed by atoms with Crippen LogP contribution in [0.15, 0.2) is 48.5 Å². The number of hydrogen-bond acceptors (Lipinski definition) is 5. The second-order valence-corrected chi connectivity index (χ2v) is 6.00. The summed E-state index contributed by atoms with van der Waals surface area (Å²) in [6.45, 7) is -0.602. The predicted octanol–water partition coefficient (Wildman–Crippen LogP) is 3.07. The van der Waals surface area contributed by atoms with Crippen molar-refractivity contribution in [1.82, 2.24) is 0 Å². The van der Waals surface area contributed by atoms with Gasteiger partial charge in [0, 0.05) is 19.0 Å². The van der Waals surface area contributed by atoms with Crippen molar-refractivity contribution in [3.05, 3.63) is 64.2 Å². The molecule has 0 aliphatic carbocycles. The number of amides is 3. The maximum absolute atomic E-state index is 13.0. The Morgan fingerprint density at radius 1 is 1.00 bits per heavy atom. The molecule has 0 radical (unpaired) electrons. The quantitative estimate of drug-likeness (QED) is 0.433. The number of nitrogens with zero attached hydrogens (tertiary/aromatic N) is 3. The number of nitro groups is 1. The monoisotopic (exact) mass is 407 g/mol. The second kappa shape index (κ2) is 7.34. The highest BCUT2D eigenvalue weighted by Crippen LogP contribution is 2.36. The van der Waals surface area contributed by atoms with Crippen LogP contribution in [0.3, 0.4) is 0 Å². The van der Waals surface area contributed by atoms with Crippen molar-refractivity contribution in [2.45, 2.75) is 12.6 Å². The third-order valence-corrected chi connectivity index (χ3v) is 4.23. The zero-order chi connectivity index (χ0) is 21.3. The van der Waals surface area contributed by atoms with Crippen LogP contribution in [0.25, 0.3) is 0 Å². The predicted molar refractivity (Wildman–Crippen MR) is 94.4 cm³/mol. The van der Waals surface area contributed by atoms with Gasteiger partial charge in [0.15, 0.2) is 0 Å². The smallest absolute Gasteiger partial charge is 0.302 e. The number of carbonyl (C=O) groups excluding carboxylic acids is 3. The van der Waals surface area contributed by atoms with Gasteiger partial charge in [-0.2, -0.15) is 13.2 Å². The maximum Gasteiger partial charge on any atom is 0.471 e. The molecular formula is C18H12F3N3O5. The summed E-state index contributed by atoms with van der Waals surface area (Å²) in [5.41, 5.74) is -1.53. The summed E-state index contributed by atoms with van der Waals surface area (Å²) in [4.78, 5) is 48.8. The van der Waals surface area contributed by atoms with Crippen molar-refractivity contribution in [1.29, 1.82) is 0 Å². The fourth-order valence-electron chi connectivity index (χ4n) is 2.98. The number of alkyl halides is 3. The number of imide groups is 1. The van der Waals surface area contributed by atoms with Crippen LogP contribution < -0.4 is 9.80 Å². The van der Waals surface area contributed by atoms with E-state index in [4.69, 9.17) is 0 Å². The van der Waals surface area contributed by atoms with E-state index in [1.165, 1.54) is 30.3 Å². The molecule has 3 rings (SSSR count). The van der Waals surface area contributed by atoms with Crippen LogP contribution >= 0.6 is 0 Å². The summed E-state index contributed by atoms with van der Waals surface area (Å²) in [5.74, 6) is -4.15. The lowest BCUT2D eigenvalue weighted by Gasteiger charge is -2.25. The molecule has 0 spiro atoms. The van der Waals surface area contributed by atoms with Gasteiger partial charge >= 0.3 is 12.1 Å². The minimum Gasteiger partial charge on any atom is -0.302 e. The molecule has 3 amide bonds. The molecule has 2 aromatic rings. The highest BCUT2D eigenvalue weighted by molar-refractivity contribution is 6.25. The lowest BCUT2D eigenvalue weighted by molar-refractivity contribution is -0.385. The van der Waals surface area contributed by atoms with Crippen LogP contribution in [0.2, 0.25) is 0 Å². The van der Waals surface area contributed by atoms with Gasteiger partial charge in [0.05, 0.1) is 16.3 Å². The molecule has 0 aromatic heterocycles. The first-order valence-electron chi connectivity index (χ1n) is 8.21. The third-order valence-electron chi connectivity index (χ3n) is 4.23. The zero-order valence-corrected chi connectivity index (χ0v) is 14.5. The molecule has 0 saturated heterocycles. The second-order valence-electron chi connectivity index (χ2n) is 6.00. The molecule has 0 bridgehead atoms. The first-order valence-corrected chi connectivity index (χ1v) is 8.21. The van der Waals surface area contributed by atoms with Gasteiger partial charge in [-0.1, -0.05) is 24.3 Å². The van der Waals surface area contributed by atoms with E-state index in [2.05, 4.69) is 0 Å². The molecule has 0 atom stereocenters. The highest BCUT2D eigenvalue weighted by Gasteiger charge is 2.45. The molecule has 29 heavy (non-hydrogen) atoms. The Morgan fingerprint density at radius 2 is 1.59 bits per heavy atom. The molecule has 2 aromatic carbocycles. The van der Waals surface area contributed by atoms with Crippen molar-refractivity contribution < 1.29 is 32.5 Å². The van der Waals surface area contributed by atoms with Crippen LogP contribution in [0, 0.1) is 10.1 Å². The molecule has 0 fully saturated rings. The summed E-state index contributed by atoms with van der Waals surface area (Å²) in [6.07, 6.45) is -5.77. The molecule has 0 saturated carbocycles. The van der Waals surface area contributed by atoms with Crippen molar-refractivity contribution in [2.24, 2.45) is 0 Å². The van der Waals surface area contributed by atoms with Crippen LogP contribution in [0.1, 0.15) is 16.8 Å². The van der Waals surface area contributed by atoms with Crippen LogP contribution in [0.5, 0.6) is 0 Å². The van der Waals surface area contributed by atoms with E-state index in [1.807, 2.05) is 0 Å². The van der Waals surface area contributed by atoms with Gasteiger partial charge in [0.2, 0.25) is 5.91 Å². The van der Waals surface area contributed by atoms with E-state index in [-0.39, 0.29) is 11.4 Å². The van der Waals surface area contributed by atoms with E-state index < -0.39 is 53.0 Å². The average molecular weight is 407 g/mol. The summed E-state index contributed by atoms with van der Waals surface area (Å²) in [5, 5.41) is 11.2. The average Bonchev–Trinajstić information content (AvgIpc) is 2.82. The molecule has 11 heteroatoms.